The van der Waals surface area contributed by atoms with Crippen LogP contribution in [0.3, 0.4) is 0 Å². The molecule has 0 radical (unpaired) electrons. The quantitative estimate of drug-likeness (QED) is 0.851. The summed E-state index contributed by atoms with van der Waals surface area (Å²) in [7, 11) is 1.46. The van der Waals surface area contributed by atoms with Gasteiger partial charge in [0, 0.05) is 0 Å². The van der Waals surface area contributed by atoms with Crippen molar-refractivity contribution in [2.24, 2.45) is 0 Å². The highest BCUT2D eigenvalue weighted by molar-refractivity contribution is 5.63. The predicted molar refractivity (Wildman–Crippen MR) is 63.8 cm³/mol. The minimum Gasteiger partial charge on any atom is -0.494 e. The summed E-state index contributed by atoms with van der Waals surface area (Å²) in [6.45, 7) is 0. The Morgan fingerprint density at radius 2 is 1.56 bits per heavy atom. The molecule has 0 amide bonds. The monoisotopic (exact) mass is 251 g/mol. The molecule has 0 saturated heterocycles. The van der Waals surface area contributed by atoms with Gasteiger partial charge in [0.2, 0.25) is 5.82 Å². The van der Waals surface area contributed by atoms with Crippen molar-refractivity contribution in [3.8, 4) is 17.2 Å². The highest BCUT2D eigenvalue weighted by Gasteiger charge is 2.12. The number of hydrogen-bond acceptors (Lipinski definition) is 3. The lowest BCUT2D eigenvalue weighted by Gasteiger charge is -2.11. The predicted octanol–water partition coefficient (Wildman–Crippen LogP) is 3.35. The number of methoxy groups -OCH3 is 1. The van der Waals surface area contributed by atoms with E-state index in [9.17, 15) is 8.78 Å². The van der Waals surface area contributed by atoms with Gasteiger partial charge in [0.25, 0.3) is 0 Å². The standard InChI is InChI=1S/C13H11F2NO2/c1-17-10-6-3-7-11(13(10)16)18-9-5-2-4-8(14)12(9)15/h2-7H,16H2,1H3. The summed E-state index contributed by atoms with van der Waals surface area (Å²) in [5.41, 5.74) is 5.99. The second kappa shape index (κ2) is 4.91. The van der Waals surface area contributed by atoms with E-state index in [0.717, 1.165) is 6.07 Å². The topological polar surface area (TPSA) is 44.5 Å². The Balaban J connectivity index is 2.37. The number of hydrogen-bond donors (Lipinski definition) is 1. The van der Waals surface area contributed by atoms with Gasteiger partial charge in [-0.25, -0.2) is 4.39 Å². The van der Waals surface area contributed by atoms with Crippen LogP contribution in [0.2, 0.25) is 0 Å². The van der Waals surface area contributed by atoms with Gasteiger partial charge in [-0.15, -0.1) is 0 Å². The van der Waals surface area contributed by atoms with E-state index in [2.05, 4.69) is 0 Å². The van der Waals surface area contributed by atoms with Crippen molar-refractivity contribution < 1.29 is 18.3 Å². The van der Waals surface area contributed by atoms with E-state index in [0.29, 0.717) is 5.75 Å². The van der Waals surface area contributed by atoms with Gasteiger partial charge in [-0.3, -0.25) is 0 Å². The molecule has 2 N–H and O–H groups in total. The third-order valence-electron chi connectivity index (χ3n) is 2.38. The number of para-hydroxylation sites is 1. The molecular formula is C13H11F2NO2. The maximum atomic E-state index is 13.4. The van der Waals surface area contributed by atoms with Crippen molar-refractivity contribution in [1.82, 2.24) is 0 Å². The van der Waals surface area contributed by atoms with Crippen LogP contribution >= 0.6 is 0 Å². The zero-order valence-electron chi connectivity index (χ0n) is 9.61. The molecule has 0 unspecified atom stereocenters. The van der Waals surface area contributed by atoms with Crippen LogP contribution in [-0.2, 0) is 0 Å². The Bertz CT molecular complexity index is 573. The van der Waals surface area contributed by atoms with Crippen LogP contribution in [0.15, 0.2) is 36.4 Å². The molecule has 5 heteroatoms. The fourth-order valence-corrected chi connectivity index (χ4v) is 1.47. The molecule has 0 saturated carbocycles. The van der Waals surface area contributed by atoms with Crippen molar-refractivity contribution >= 4 is 5.69 Å². The minimum absolute atomic E-state index is 0.207. The fourth-order valence-electron chi connectivity index (χ4n) is 1.47. The molecule has 0 aliphatic rings. The molecule has 94 valence electrons. The van der Waals surface area contributed by atoms with E-state index in [1.165, 1.54) is 19.2 Å². The molecule has 0 aliphatic heterocycles. The third kappa shape index (κ3) is 2.20. The summed E-state index contributed by atoms with van der Waals surface area (Å²) in [6, 6.07) is 8.51. The summed E-state index contributed by atoms with van der Waals surface area (Å²) in [5, 5.41) is 0. The summed E-state index contributed by atoms with van der Waals surface area (Å²) in [4.78, 5) is 0. The molecule has 18 heavy (non-hydrogen) atoms. The van der Waals surface area contributed by atoms with Crippen LogP contribution in [0.5, 0.6) is 17.2 Å². The minimum atomic E-state index is -1.06. The number of nitrogens with two attached hydrogens (primary N) is 1. The molecule has 0 fully saturated rings. The number of ether oxygens (including phenoxy) is 2. The van der Waals surface area contributed by atoms with Gasteiger partial charge in [-0.05, 0) is 24.3 Å². The van der Waals surface area contributed by atoms with Crippen LogP contribution in [0.1, 0.15) is 0 Å². The second-order valence-electron chi connectivity index (χ2n) is 3.53. The van der Waals surface area contributed by atoms with Crippen LogP contribution < -0.4 is 15.2 Å². The van der Waals surface area contributed by atoms with E-state index in [1.54, 1.807) is 18.2 Å². The molecule has 0 aromatic heterocycles. The van der Waals surface area contributed by atoms with Crippen LogP contribution in [0, 0.1) is 11.6 Å². The molecule has 2 rings (SSSR count). The lowest BCUT2D eigenvalue weighted by molar-refractivity contribution is 0.402. The zero-order chi connectivity index (χ0) is 13.1. The first kappa shape index (κ1) is 12.2. The number of halogens is 2. The molecular weight excluding hydrogens is 240 g/mol. The first-order valence-electron chi connectivity index (χ1n) is 5.18. The van der Waals surface area contributed by atoms with E-state index in [4.69, 9.17) is 15.2 Å². The van der Waals surface area contributed by atoms with Crippen molar-refractivity contribution in [3.63, 3.8) is 0 Å². The summed E-state index contributed by atoms with van der Waals surface area (Å²) in [6.07, 6.45) is 0. The lowest BCUT2D eigenvalue weighted by atomic mass is 10.2. The Hall–Kier alpha value is -2.30. The van der Waals surface area contributed by atoms with Crippen molar-refractivity contribution in [2.45, 2.75) is 0 Å². The summed E-state index contributed by atoms with van der Waals surface area (Å²) in [5.74, 6) is -1.65. The molecule has 0 heterocycles. The van der Waals surface area contributed by atoms with Crippen LogP contribution in [0.25, 0.3) is 0 Å². The normalized spacial score (nSPS) is 10.2. The molecule has 0 spiro atoms. The third-order valence-corrected chi connectivity index (χ3v) is 2.38. The van der Waals surface area contributed by atoms with Gasteiger partial charge >= 0.3 is 0 Å². The number of benzene rings is 2. The van der Waals surface area contributed by atoms with Crippen molar-refractivity contribution in [1.29, 1.82) is 0 Å². The maximum absolute atomic E-state index is 13.4. The molecule has 0 bridgehead atoms. The number of anilines is 1. The van der Waals surface area contributed by atoms with Gasteiger partial charge in [0.1, 0.15) is 11.4 Å². The van der Waals surface area contributed by atoms with Crippen LogP contribution in [0.4, 0.5) is 14.5 Å². The van der Waals surface area contributed by atoms with Gasteiger partial charge in [0.15, 0.2) is 17.3 Å². The van der Waals surface area contributed by atoms with Gasteiger partial charge in [-0.1, -0.05) is 12.1 Å². The summed E-state index contributed by atoms with van der Waals surface area (Å²) < 4.78 is 36.7. The van der Waals surface area contributed by atoms with E-state index in [-0.39, 0.29) is 17.2 Å². The maximum Gasteiger partial charge on any atom is 0.201 e. The SMILES string of the molecule is COc1cccc(Oc2cccc(F)c2F)c1N. The van der Waals surface area contributed by atoms with Gasteiger partial charge in [0.05, 0.1) is 7.11 Å². The number of rotatable bonds is 3. The van der Waals surface area contributed by atoms with Gasteiger partial charge in [-0.2, -0.15) is 4.39 Å². The Kier molecular flexibility index (Phi) is 3.32. The Morgan fingerprint density at radius 1 is 0.944 bits per heavy atom. The largest absolute Gasteiger partial charge is 0.494 e. The molecule has 0 atom stereocenters. The zero-order valence-corrected chi connectivity index (χ0v) is 9.61. The Labute approximate surface area is 103 Å². The highest BCUT2D eigenvalue weighted by atomic mass is 19.2. The second-order valence-corrected chi connectivity index (χ2v) is 3.53. The highest BCUT2D eigenvalue weighted by Crippen LogP contribution is 2.35. The first-order chi connectivity index (χ1) is 8.63. The van der Waals surface area contributed by atoms with Crippen LogP contribution in [-0.4, -0.2) is 7.11 Å². The van der Waals surface area contributed by atoms with Crippen molar-refractivity contribution in [3.05, 3.63) is 48.0 Å². The number of nitrogen functional groups attached to an aromatic ring is 1. The molecule has 0 aliphatic carbocycles. The smallest absolute Gasteiger partial charge is 0.201 e. The molecule has 3 nitrogen and oxygen atoms in total. The Morgan fingerprint density at radius 3 is 2.28 bits per heavy atom. The van der Waals surface area contributed by atoms with E-state index in [1.807, 2.05) is 0 Å². The molecule has 2 aromatic rings. The van der Waals surface area contributed by atoms with Crippen molar-refractivity contribution in [2.75, 3.05) is 12.8 Å². The first-order valence-corrected chi connectivity index (χ1v) is 5.18. The average Bonchev–Trinajstić information content (AvgIpc) is 2.37. The lowest BCUT2D eigenvalue weighted by Crippen LogP contribution is -1.97. The van der Waals surface area contributed by atoms with E-state index < -0.39 is 11.6 Å². The molecule has 2 aromatic carbocycles. The van der Waals surface area contributed by atoms with Gasteiger partial charge < -0.3 is 15.2 Å². The summed E-state index contributed by atoms with van der Waals surface area (Å²) >= 11 is 0. The van der Waals surface area contributed by atoms with E-state index >= 15 is 0 Å². The fraction of sp³-hybridized carbons (Fsp3) is 0.0769. The average molecular weight is 251 g/mol.